The zero-order valence-electron chi connectivity index (χ0n) is 29.3. The van der Waals surface area contributed by atoms with Crippen LogP contribution in [0.2, 0.25) is 51.4 Å². The quantitative estimate of drug-likeness (QED) is 0.115. The highest BCUT2D eigenvalue weighted by molar-refractivity contribution is 14.1. The van der Waals surface area contributed by atoms with E-state index in [1.54, 1.807) is 19.1 Å². The normalized spacial score (nSPS) is 11.7. The third-order valence-corrected chi connectivity index (χ3v) is 12.2. The van der Waals surface area contributed by atoms with E-state index in [0.717, 1.165) is 35.0 Å². The molecule has 0 saturated carbocycles. The lowest BCUT2D eigenvalue weighted by molar-refractivity contribution is 0.0516. The maximum Gasteiger partial charge on any atom is 0.495 e. The number of hydrogen-bond donors (Lipinski definition) is 2. The lowest BCUT2D eigenvalue weighted by atomic mass is 9.80. The highest BCUT2D eigenvalue weighted by Crippen LogP contribution is 2.26. The Balaban J connectivity index is 0.000000261. The van der Waals surface area contributed by atoms with Crippen LogP contribution in [-0.2, 0) is 9.47 Å². The second-order valence-corrected chi connectivity index (χ2v) is 26.7. The van der Waals surface area contributed by atoms with E-state index in [9.17, 15) is 29.2 Å². The van der Waals surface area contributed by atoms with E-state index in [2.05, 4.69) is 39.3 Å². The molecule has 4 rings (SSSR count). The van der Waals surface area contributed by atoms with Gasteiger partial charge in [-0.05, 0) is 96.8 Å². The fraction of sp³-hybridized carbons (Fsp3) is 0.412. The number of ether oxygens (including phenoxy) is 2. The van der Waals surface area contributed by atoms with Crippen LogP contribution in [0.15, 0.2) is 43.1 Å². The van der Waals surface area contributed by atoms with Gasteiger partial charge in [-0.1, -0.05) is 39.3 Å². The van der Waals surface area contributed by atoms with Gasteiger partial charge in [-0.3, -0.25) is 9.59 Å². The summed E-state index contributed by atoms with van der Waals surface area (Å²) < 4.78 is 22.2. The first kappa shape index (κ1) is 39.4. The zero-order chi connectivity index (χ0) is 36.3. The summed E-state index contributed by atoms with van der Waals surface area (Å²) in [5.41, 5.74) is 3.03. The first-order valence-electron chi connectivity index (χ1n) is 15.6. The van der Waals surface area contributed by atoms with Crippen LogP contribution >= 0.6 is 22.6 Å². The Bertz CT molecular complexity index is 1970. The van der Waals surface area contributed by atoms with Gasteiger partial charge in [-0.15, -0.1) is 0 Å². The third-order valence-electron chi connectivity index (χ3n) is 8.01. The molecule has 2 aromatic heterocycles. The van der Waals surface area contributed by atoms with E-state index < -0.39 is 40.6 Å². The van der Waals surface area contributed by atoms with Crippen molar-refractivity contribution in [2.45, 2.75) is 79.1 Å². The summed E-state index contributed by atoms with van der Waals surface area (Å²) in [6, 6.07) is 5.16. The number of rotatable bonds is 9. The molecule has 0 radical (unpaired) electrons. The number of aryl methyl sites for hydroxylation is 2. The van der Waals surface area contributed by atoms with E-state index in [0.29, 0.717) is 32.3 Å². The Morgan fingerprint density at radius 3 is 1.52 bits per heavy atom. The Labute approximate surface area is 296 Å². The Morgan fingerprint density at radius 2 is 1.12 bits per heavy atom. The second-order valence-electron chi connectivity index (χ2n) is 14.3. The smallest absolute Gasteiger partial charge is 0.464 e. The third kappa shape index (κ3) is 9.55. The van der Waals surface area contributed by atoms with Crippen molar-refractivity contribution in [3.63, 3.8) is 0 Å². The maximum atomic E-state index is 12.6. The fourth-order valence-corrected chi connectivity index (χ4v) is 6.58. The van der Waals surface area contributed by atoms with Gasteiger partial charge < -0.3 is 28.4 Å². The summed E-state index contributed by atoms with van der Waals surface area (Å²) in [5.74, 6) is -1.04. The standard InChI is InChI=1S/C17H23BO6Si.C17H21IO4Si/c1-10-8-13-15(16(19)12(9-24-13)18(21)22)14(11(10)2)17(20)23-6-7-25(3,4)5;1-10-8-13-15(16(19)12(18)9-22-13)14(11(10)2)17(20)21-6-7-23(3,4)5/h8-9,21-22H,6-7H2,1-5H3;8-9H,6-7H2,1-5H3. The molecule has 0 aliphatic rings. The monoisotopic (exact) mass is 806 g/mol. The molecule has 0 fully saturated rings. The molecule has 0 spiro atoms. The minimum Gasteiger partial charge on any atom is -0.464 e. The number of fused-ring (bicyclic) bond motifs is 2. The average Bonchev–Trinajstić information content (AvgIpc) is 2.96. The molecule has 4 aromatic rings. The Morgan fingerprint density at radius 1 is 0.729 bits per heavy atom. The minimum atomic E-state index is -1.97. The van der Waals surface area contributed by atoms with Crippen molar-refractivity contribution in [1.29, 1.82) is 0 Å². The van der Waals surface area contributed by atoms with Gasteiger partial charge >= 0.3 is 19.1 Å². The van der Waals surface area contributed by atoms with E-state index in [-0.39, 0.29) is 34.0 Å². The van der Waals surface area contributed by atoms with Crippen LogP contribution in [0.4, 0.5) is 0 Å². The molecule has 2 N–H and O–H groups in total. The summed E-state index contributed by atoms with van der Waals surface area (Å²) in [6.45, 7) is 21.2. The summed E-state index contributed by atoms with van der Waals surface area (Å²) in [4.78, 5) is 50.3. The molecule has 0 bridgehead atoms. The van der Waals surface area contributed by atoms with E-state index in [4.69, 9.17) is 18.3 Å². The SMILES string of the molecule is Cc1cc2occ(B(O)O)c(=O)c2c(C(=O)OCC[Si](C)(C)C)c1C.Cc1cc2occ(I)c(=O)c2c(C(=O)OCC[Si](C)(C)C)c1C. The molecule has 0 atom stereocenters. The van der Waals surface area contributed by atoms with Crippen LogP contribution in [0.5, 0.6) is 0 Å². The number of benzene rings is 2. The molecule has 0 unspecified atom stereocenters. The first-order chi connectivity index (χ1) is 22.1. The molecular weight excluding hydrogens is 762 g/mol. The van der Waals surface area contributed by atoms with Crippen LogP contribution in [0, 0.1) is 31.3 Å². The van der Waals surface area contributed by atoms with Gasteiger partial charge in [0, 0.05) is 16.1 Å². The summed E-state index contributed by atoms with van der Waals surface area (Å²) in [6.07, 6.45) is 2.42. The topological polar surface area (TPSA) is 153 Å². The summed E-state index contributed by atoms with van der Waals surface area (Å²) in [5, 5.41) is 19.0. The molecule has 10 nitrogen and oxygen atoms in total. The van der Waals surface area contributed by atoms with Crippen LogP contribution in [0.25, 0.3) is 21.9 Å². The highest BCUT2D eigenvalue weighted by Gasteiger charge is 2.26. The number of hydrogen-bond acceptors (Lipinski definition) is 10. The van der Waals surface area contributed by atoms with Gasteiger partial charge in [0.25, 0.3) is 0 Å². The molecule has 0 saturated heterocycles. The lowest BCUT2D eigenvalue weighted by Crippen LogP contribution is -2.41. The molecule has 14 heteroatoms. The predicted molar refractivity (Wildman–Crippen MR) is 203 cm³/mol. The van der Waals surface area contributed by atoms with Crippen molar-refractivity contribution in [1.82, 2.24) is 0 Å². The molecule has 0 aliphatic heterocycles. The van der Waals surface area contributed by atoms with Crippen molar-refractivity contribution in [2.75, 3.05) is 13.2 Å². The molecular formula is C34H44BIO10Si2. The number of esters is 2. The van der Waals surface area contributed by atoms with Gasteiger partial charge in [-0.25, -0.2) is 9.59 Å². The Kier molecular flexibility index (Phi) is 12.9. The first-order valence-corrected chi connectivity index (χ1v) is 24.1. The van der Waals surface area contributed by atoms with E-state index in [1.807, 2.05) is 43.4 Å². The van der Waals surface area contributed by atoms with Crippen LogP contribution < -0.4 is 16.3 Å². The average molecular weight is 807 g/mol. The molecule has 2 heterocycles. The zero-order valence-corrected chi connectivity index (χ0v) is 33.4. The van der Waals surface area contributed by atoms with Crippen molar-refractivity contribution in [3.05, 3.63) is 82.1 Å². The van der Waals surface area contributed by atoms with Crippen molar-refractivity contribution < 1.29 is 37.9 Å². The molecule has 0 aliphatic carbocycles. The minimum absolute atomic E-state index is 0.0201. The van der Waals surface area contributed by atoms with Gasteiger partial charge in [0.15, 0.2) is 5.43 Å². The second kappa shape index (κ2) is 15.7. The van der Waals surface area contributed by atoms with Gasteiger partial charge in [0.05, 0.1) is 50.4 Å². The van der Waals surface area contributed by atoms with E-state index in [1.165, 1.54) is 6.26 Å². The lowest BCUT2D eigenvalue weighted by Gasteiger charge is -2.16. The Hall–Kier alpha value is -3.05. The highest BCUT2D eigenvalue weighted by atomic mass is 127. The predicted octanol–water partition coefficient (Wildman–Crippen LogP) is 6.09. The van der Waals surface area contributed by atoms with Crippen LogP contribution in [0.1, 0.15) is 43.0 Å². The van der Waals surface area contributed by atoms with Gasteiger partial charge in [0.2, 0.25) is 5.43 Å². The molecule has 0 amide bonds. The van der Waals surface area contributed by atoms with Crippen molar-refractivity contribution in [3.8, 4) is 0 Å². The summed E-state index contributed by atoms with van der Waals surface area (Å²) >= 11 is 1.92. The molecule has 2 aromatic carbocycles. The number of carbonyl (C=O) groups excluding carboxylic acids is 2. The van der Waals surface area contributed by atoms with Crippen LogP contribution in [-0.4, -0.2) is 58.5 Å². The number of halogens is 1. The van der Waals surface area contributed by atoms with Crippen molar-refractivity contribution >= 4 is 85.2 Å². The van der Waals surface area contributed by atoms with Crippen LogP contribution in [0.3, 0.4) is 0 Å². The maximum absolute atomic E-state index is 12.6. The van der Waals surface area contributed by atoms with Gasteiger partial charge in [0.1, 0.15) is 17.4 Å². The fourth-order valence-electron chi connectivity index (χ4n) is 4.75. The largest absolute Gasteiger partial charge is 0.495 e. The van der Waals surface area contributed by atoms with Crippen molar-refractivity contribution in [2.24, 2.45) is 0 Å². The van der Waals surface area contributed by atoms with E-state index >= 15 is 0 Å². The summed E-state index contributed by atoms with van der Waals surface area (Å²) in [7, 11) is -4.62. The number of carbonyl (C=O) groups is 2. The van der Waals surface area contributed by atoms with Gasteiger partial charge in [-0.2, -0.15) is 0 Å². The molecule has 258 valence electrons. The molecule has 48 heavy (non-hydrogen) atoms.